The summed E-state index contributed by atoms with van der Waals surface area (Å²) in [5.41, 5.74) is 6.75. The maximum atomic E-state index is 10.9. The van der Waals surface area contributed by atoms with Gasteiger partial charge in [-0.2, -0.15) is 0 Å². The van der Waals surface area contributed by atoms with Crippen molar-refractivity contribution in [3.63, 3.8) is 0 Å². The Morgan fingerprint density at radius 2 is 1.83 bits per heavy atom. The second-order valence-corrected chi connectivity index (χ2v) is 4.07. The molecule has 0 radical (unpaired) electrons. The summed E-state index contributed by atoms with van der Waals surface area (Å²) >= 11 is 0. The number of carbonyl (C=O) groups is 1. The molecule has 0 aliphatic rings. The number of nitrogens with one attached hydrogen (secondary N) is 1. The summed E-state index contributed by atoms with van der Waals surface area (Å²) in [6.07, 6.45) is -0.283. The van der Waals surface area contributed by atoms with Crippen LogP contribution in [0.25, 0.3) is 0 Å². The molecule has 1 rings (SSSR count). The average molecular weight is 252 g/mol. The van der Waals surface area contributed by atoms with Crippen LogP contribution in [0.2, 0.25) is 0 Å². The van der Waals surface area contributed by atoms with Gasteiger partial charge in [0.1, 0.15) is 0 Å². The summed E-state index contributed by atoms with van der Waals surface area (Å²) in [7, 11) is 3.21. The fraction of sp³-hybridized carbons (Fsp3) is 0.462. The van der Waals surface area contributed by atoms with Crippen LogP contribution in [0.4, 0.5) is 0 Å². The number of nitrogens with two attached hydrogens (primary N) is 1. The predicted molar refractivity (Wildman–Crippen MR) is 69.1 cm³/mol. The third kappa shape index (κ3) is 4.10. The summed E-state index contributed by atoms with van der Waals surface area (Å²) in [4.78, 5) is 10.9. The van der Waals surface area contributed by atoms with E-state index in [0.717, 1.165) is 5.56 Å². The smallest absolute Gasteiger partial charge is 0.248 e. The molecule has 0 saturated carbocycles. The van der Waals surface area contributed by atoms with E-state index in [2.05, 4.69) is 5.32 Å². The van der Waals surface area contributed by atoms with Crippen LogP contribution in [-0.2, 0) is 16.0 Å². The maximum Gasteiger partial charge on any atom is 0.248 e. The number of hydrogen-bond acceptors (Lipinski definition) is 4. The molecule has 0 fully saturated rings. The second-order valence-electron chi connectivity index (χ2n) is 4.07. The first-order chi connectivity index (χ1) is 8.58. The van der Waals surface area contributed by atoms with Crippen molar-refractivity contribution in [3.8, 4) is 0 Å². The Bertz CT molecular complexity index is 374. The van der Waals surface area contributed by atoms with Crippen molar-refractivity contribution in [2.75, 3.05) is 14.2 Å². The molecule has 5 nitrogen and oxygen atoms in total. The lowest BCUT2D eigenvalue weighted by molar-refractivity contribution is -0.119. The molecule has 1 aromatic rings. The minimum atomic E-state index is -0.415. The lowest BCUT2D eigenvalue weighted by Crippen LogP contribution is -2.39. The van der Waals surface area contributed by atoms with Gasteiger partial charge in [-0.3, -0.25) is 4.79 Å². The molecule has 3 N–H and O–H groups in total. The van der Waals surface area contributed by atoms with Gasteiger partial charge in [-0.15, -0.1) is 0 Å². The van der Waals surface area contributed by atoms with E-state index in [0.29, 0.717) is 12.1 Å². The second kappa shape index (κ2) is 7.10. The Kier molecular flexibility index (Phi) is 5.77. The average Bonchev–Trinajstić information content (AvgIpc) is 2.38. The highest BCUT2D eigenvalue weighted by molar-refractivity contribution is 5.92. The number of methoxy groups -OCH3 is 2. The molecular formula is C13H20N2O3. The molecule has 1 aromatic carbocycles. The van der Waals surface area contributed by atoms with Crippen LogP contribution in [0.5, 0.6) is 0 Å². The zero-order valence-electron chi connectivity index (χ0n) is 11.0. The van der Waals surface area contributed by atoms with Crippen molar-refractivity contribution >= 4 is 5.91 Å². The fourth-order valence-electron chi connectivity index (χ4n) is 1.67. The summed E-state index contributed by atoms with van der Waals surface area (Å²) in [6, 6.07) is 7.24. The number of benzene rings is 1. The third-order valence-electron chi connectivity index (χ3n) is 2.74. The third-order valence-corrected chi connectivity index (χ3v) is 2.74. The predicted octanol–water partition coefficient (Wildman–Crippen LogP) is 0.883. The number of rotatable bonds is 7. The van der Waals surface area contributed by atoms with E-state index < -0.39 is 5.91 Å². The molecule has 5 heteroatoms. The number of primary amides is 1. The molecule has 18 heavy (non-hydrogen) atoms. The van der Waals surface area contributed by atoms with E-state index in [-0.39, 0.29) is 12.3 Å². The SMILES string of the molecule is COC(OC)C(C)NCc1ccc(C(N)=O)cc1. The van der Waals surface area contributed by atoms with E-state index in [4.69, 9.17) is 15.2 Å². The molecule has 0 spiro atoms. The van der Waals surface area contributed by atoms with Crippen LogP contribution in [-0.4, -0.2) is 32.5 Å². The minimum absolute atomic E-state index is 0.0656. The first-order valence-electron chi connectivity index (χ1n) is 5.76. The molecule has 100 valence electrons. The van der Waals surface area contributed by atoms with Gasteiger partial charge in [-0.1, -0.05) is 12.1 Å². The van der Waals surface area contributed by atoms with Crippen LogP contribution >= 0.6 is 0 Å². The number of amides is 1. The van der Waals surface area contributed by atoms with Crippen LogP contribution in [0.15, 0.2) is 24.3 Å². The van der Waals surface area contributed by atoms with E-state index in [1.165, 1.54) is 0 Å². The van der Waals surface area contributed by atoms with Crippen LogP contribution in [0.3, 0.4) is 0 Å². The number of ether oxygens (including phenoxy) is 2. The molecule has 1 atom stereocenters. The Morgan fingerprint density at radius 1 is 1.28 bits per heavy atom. The van der Waals surface area contributed by atoms with Gasteiger partial charge < -0.3 is 20.5 Å². The van der Waals surface area contributed by atoms with Crippen molar-refractivity contribution in [3.05, 3.63) is 35.4 Å². The van der Waals surface area contributed by atoms with Gasteiger partial charge in [-0.05, 0) is 24.6 Å². The van der Waals surface area contributed by atoms with Gasteiger partial charge in [0.05, 0.1) is 6.04 Å². The van der Waals surface area contributed by atoms with Gasteiger partial charge in [-0.25, -0.2) is 0 Å². The van der Waals surface area contributed by atoms with Crippen LogP contribution < -0.4 is 11.1 Å². The Morgan fingerprint density at radius 3 is 2.28 bits per heavy atom. The number of hydrogen-bond donors (Lipinski definition) is 2. The number of carbonyl (C=O) groups excluding carboxylic acids is 1. The summed E-state index contributed by atoms with van der Waals surface area (Å²) < 4.78 is 10.3. The Balaban J connectivity index is 2.50. The van der Waals surface area contributed by atoms with E-state index in [1.807, 2.05) is 19.1 Å². The van der Waals surface area contributed by atoms with Gasteiger partial charge in [0.2, 0.25) is 5.91 Å². The standard InChI is InChI=1S/C13H20N2O3/c1-9(13(17-2)18-3)15-8-10-4-6-11(7-5-10)12(14)16/h4-7,9,13,15H,8H2,1-3H3,(H2,14,16). The van der Waals surface area contributed by atoms with Crippen LogP contribution in [0.1, 0.15) is 22.8 Å². The summed E-state index contributed by atoms with van der Waals surface area (Å²) in [5, 5.41) is 3.28. The topological polar surface area (TPSA) is 73.6 Å². The fourth-order valence-corrected chi connectivity index (χ4v) is 1.67. The van der Waals surface area contributed by atoms with Gasteiger partial charge in [0.25, 0.3) is 0 Å². The normalized spacial score (nSPS) is 12.7. The quantitative estimate of drug-likeness (QED) is 0.707. The lowest BCUT2D eigenvalue weighted by Gasteiger charge is -2.22. The summed E-state index contributed by atoms with van der Waals surface area (Å²) in [5.74, 6) is -0.415. The van der Waals surface area contributed by atoms with Crippen molar-refractivity contribution in [1.29, 1.82) is 0 Å². The first-order valence-corrected chi connectivity index (χ1v) is 5.76. The van der Waals surface area contributed by atoms with E-state index in [1.54, 1.807) is 26.4 Å². The molecule has 0 aliphatic carbocycles. The molecule has 0 aromatic heterocycles. The largest absolute Gasteiger partial charge is 0.366 e. The molecule has 1 amide bonds. The molecule has 0 saturated heterocycles. The summed E-state index contributed by atoms with van der Waals surface area (Å²) in [6.45, 7) is 2.65. The molecule has 0 heterocycles. The van der Waals surface area contributed by atoms with Gasteiger partial charge in [0.15, 0.2) is 6.29 Å². The van der Waals surface area contributed by atoms with Gasteiger partial charge in [0, 0.05) is 26.3 Å². The van der Waals surface area contributed by atoms with Gasteiger partial charge >= 0.3 is 0 Å². The van der Waals surface area contributed by atoms with Crippen LogP contribution in [0, 0.1) is 0 Å². The monoisotopic (exact) mass is 252 g/mol. The first kappa shape index (κ1) is 14.6. The zero-order chi connectivity index (χ0) is 13.5. The molecule has 0 aliphatic heterocycles. The van der Waals surface area contributed by atoms with Crippen molar-refractivity contribution in [2.24, 2.45) is 5.73 Å². The van der Waals surface area contributed by atoms with E-state index >= 15 is 0 Å². The lowest BCUT2D eigenvalue weighted by atomic mass is 10.1. The Hall–Kier alpha value is -1.43. The van der Waals surface area contributed by atoms with E-state index in [9.17, 15) is 4.79 Å². The Labute approximate surface area is 107 Å². The van der Waals surface area contributed by atoms with Crippen molar-refractivity contribution < 1.29 is 14.3 Å². The minimum Gasteiger partial charge on any atom is -0.366 e. The highest BCUT2D eigenvalue weighted by Crippen LogP contribution is 2.05. The molecular weight excluding hydrogens is 232 g/mol. The van der Waals surface area contributed by atoms with Crippen molar-refractivity contribution in [2.45, 2.75) is 25.8 Å². The highest BCUT2D eigenvalue weighted by Gasteiger charge is 2.14. The highest BCUT2D eigenvalue weighted by atomic mass is 16.7. The maximum absolute atomic E-state index is 10.9. The molecule has 0 bridgehead atoms. The molecule has 1 unspecified atom stereocenters. The zero-order valence-corrected chi connectivity index (χ0v) is 11.0. The van der Waals surface area contributed by atoms with Crippen molar-refractivity contribution in [1.82, 2.24) is 5.32 Å².